The van der Waals surface area contributed by atoms with Crippen LogP contribution < -0.4 is 13.9 Å². The second kappa shape index (κ2) is 8.33. The fraction of sp³-hybridized carbons (Fsp3) is 0.300. The van der Waals surface area contributed by atoms with Gasteiger partial charge in [-0.15, -0.1) is 0 Å². The quantitative estimate of drug-likeness (QED) is 0.457. The lowest BCUT2D eigenvalue weighted by Gasteiger charge is -2.01. The Hall–Kier alpha value is -2.82. The molecule has 0 amide bonds. The molecule has 0 unspecified atom stereocenters. The van der Waals surface area contributed by atoms with Gasteiger partial charge >= 0.3 is 0 Å². The van der Waals surface area contributed by atoms with E-state index in [2.05, 4.69) is 86.9 Å². The molecule has 0 N–H and O–H groups in total. The molecule has 130 valence electrons. The Labute approximate surface area is 149 Å². The van der Waals surface area contributed by atoms with Crippen molar-refractivity contribution in [1.29, 1.82) is 0 Å². The van der Waals surface area contributed by atoms with E-state index in [4.69, 9.17) is 4.74 Å². The van der Waals surface area contributed by atoms with Crippen LogP contribution in [0.25, 0.3) is 0 Å². The highest BCUT2D eigenvalue weighted by Crippen LogP contribution is 2.10. The van der Waals surface area contributed by atoms with Crippen LogP contribution in [0.1, 0.15) is 12.5 Å². The van der Waals surface area contributed by atoms with E-state index in [0.29, 0.717) is 0 Å². The Balaban J connectivity index is 1.49. The maximum absolute atomic E-state index is 5.20. The van der Waals surface area contributed by atoms with Crippen molar-refractivity contribution in [3.05, 3.63) is 79.4 Å². The van der Waals surface area contributed by atoms with Gasteiger partial charge in [-0.25, -0.2) is 18.3 Å². The van der Waals surface area contributed by atoms with Crippen LogP contribution in [0.4, 0.5) is 0 Å². The van der Waals surface area contributed by atoms with Gasteiger partial charge in [0.25, 0.3) is 0 Å². The molecule has 2 aromatic heterocycles. The number of aromatic nitrogens is 4. The summed E-state index contributed by atoms with van der Waals surface area (Å²) >= 11 is 0. The molecule has 0 spiro atoms. The molecule has 0 radical (unpaired) electrons. The molecule has 5 nitrogen and oxygen atoms in total. The lowest BCUT2D eigenvalue weighted by atomic mass is 10.2. The summed E-state index contributed by atoms with van der Waals surface area (Å²) in [6, 6.07) is 8.20. The molecule has 25 heavy (non-hydrogen) atoms. The van der Waals surface area contributed by atoms with Gasteiger partial charge in [-0.05, 0) is 36.8 Å². The maximum Gasteiger partial charge on any atom is 0.244 e. The third-order valence-electron chi connectivity index (χ3n) is 4.18. The van der Waals surface area contributed by atoms with Crippen LogP contribution in [0.5, 0.6) is 5.75 Å². The summed E-state index contributed by atoms with van der Waals surface area (Å²) in [5.41, 5.74) is 1.26. The minimum atomic E-state index is 0.862. The lowest BCUT2D eigenvalue weighted by molar-refractivity contribution is -0.687. The van der Waals surface area contributed by atoms with E-state index in [9.17, 15) is 0 Å². The molecule has 1 aromatic carbocycles. The smallest absolute Gasteiger partial charge is 0.244 e. The zero-order valence-corrected chi connectivity index (χ0v) is 15.0. The molecule has 0 atom stereocenters. The first kappa shape index (κ1) is 17.0. The summed E-state index contributed by atoms with van der Waals surface area (Å²) in [7, 11) is 1.69. The van der Waals surface area contributed by atoms with Gasteiger partial charge in [0.05, 0.1) is 13.7 Å². The van der Waals surface area contributed by atoms with Crippen LogP contribution in [0.3, 0.4) is 0 Å². The number of aryl methyl sites for hydroxylation is 1. The van der Waals surface area contributed by atoms with Crippen molar-refractivity contribution in [2.45, 2.75) is 33.1 Å². The van der Waals surface area contributed by atoms with Crippen LogP contribution in [0, 0.1) is 0 Å². The molecule has 3 aromatic rings. The first-order valence-electron chi connectivity index (χ1n) is 8.64. The fourth-order valence-corrected chi connectivity index (χ4v) is 2.71. The van der Waals surface area contributed by atoms with E-state index in [-0.39, 0.29) is 0 Å². The van der Waals surface area contributed by atoms with Crippen molar-refractivity contribution in [3.63, 3.8) is 0 Å². The number of hydrogen-bond acceptors (Lipinski definition) is 1. The molecule has 3 rings (SSSR count). The molecule has 0 fully saturated rings. The number of allylic oxidation sites excluding steroid dienone is 2. The fourth-order valence-electron chi connectivity index (χ4n) is 2.71. The Kier molecular flexibility index (Phi) is 5.67. The van der Waals surface area contributed by atoms with Crippen molar-refractivity contribution in [2.24, 2.45) is 0 Å². The second-order valence-electron chi connectivity index (χ2n) is 6.04. The Morgan fingerprint density at radius 2 is 1.68 bits per heavy atom. The van der Waals surface area contributed by atoms with Crippen molar-refractivity contribution >= 4 is 0 Å². The monoisotopic (exact) mass is 338 g/mol. The van der Waals surface area contributed by atoms with Crippen molar-refractivity contribution in [1.82, 2.24) is 9.13 Å². The zero-order valence-electron chi connectivity index (χ0n) is 15.0. The Bertz CT molecular complexity index is 814. The summed E-state index contributed by atoms with van der Waals surface area (Å²) in [4.78, 5) is 0. The number of methoxy groups -OCH3 is 1. The molecule has 2 heterocycles. The van der Waals surface area contributed by atoms with E-state index < -0.39 is 0 Å². The minimum Gasteiger partial charge on any atom is -0.497 e. The molecule has 0 aliphatic rings. The number of hydrogen-bond donors (Lipinski definition) is 0. The summed E-state index contributed by atoms with van der Waals surface area (Å²) in [6.45, 7) is 5.80. The average Bonchev–Trinajstić information content (AvgIpc) is 3.28. The van der Waals surface area contributed by atoms with Gasteiger partial charge < -0.3 is 4.74 Å². The summed E-state index contributed by atoms with van der Waals surface area (Å²) in [6.07, 6.45) is 17.1. The van der Waals surface area contributed by atoms with E-state index in [1.54, 1.807) is 7.11 Å². The molecule has 0 bridgehead atoms. The normalized spacial score (nSPS) is 11.3. The van der Waals surface area contributed by atoms with Gasteiger partial charge in [0.2, 0.25) is 12.7 Å². The van der Waals surface area contributed by atoms with Crippen molar-refractivity contribution in [3.8, 4) is 5.75 Å². The topological polar surface area (TPSA) is 26.8 Å². The number of rotatable bonds is 8. The van der Waals surface area contributed by atoms with E-state index in [1.807, 2.05) is 12.1 Å². The minimum absolute atomic E-state index is 0.862. The van der Waals surface area contributed by atoms with Crippen LogP contribution in [0.15, 0.2) is 73.9 Å². The van der Waals surface area contributed by atoms with Crippen LogP contribution in [-0.4, -0.2) is 16.2 Å². The molecule has 5 heteroatoms. The summed E-state index contributed by atoms with van der Waals surface area (Å²) < 4.78 is 13.9. The highest BCUT2D eigenvalue weighted by Gasteiger charge is 2.04. The van der Waals surface area contributed by atoms with E-state index in [0.717, 1.165) is 31.9 Å². The summed E-state index contributed by atoms with van der Waals surface area (Å²) in [5, 5.41) is 0. The van der Waals surface area contributed by atoms with Gasteiger partial charge in [0, 0.05) is 0 Å². The zero-order chi connectivity index (χ0) is 17.5. The van der Waals surface area contributed by atoms with Gasteiger partial charge in [-0.3, -0.25) is 0 Å². The average molecular weight is 338 g/mol. The van der Waals surface area contributed by atoms with Crippen LogP contribution >= 0.6 is 0 Å². The SMILES string of the molecule is CCn1cc[n+](C/C=C/Cn2cc[n+](Cc3ccc(OC)cc3)c2)c1. The van der Waals surface area contributed by atoms with Crippen molar-refractivity contribution < 1.29 is 13.9 Å². The van der Waals surface area contributed by atoms with Gasteiger partial charge in [0.15, 0.2) is 0 Å². The van der Waals surface area contributed by atoms with Gasteiger partial charge in [0.1, 0.15) is 50.2 Å². The van der Waals surface area contributed by atoms with E-state index in [1.165, 1.54) is 5.56 Å². The first-order chi connectivity index (χ1) is 12.3. The number of imidazole rings is 2. The Morgan fingerprint density at radius 1 is 0.960 bits per heavy atom. The molecule has 0 saturated carbocycles. The third-order valence-corrected chi connectivity index (χ3v) is 4.18. The predicted molar refractivity (Wildman–Crippen MR) is 96.2 cm³/mol. The second-order valence-corrected chi connectivity index (χ2v) is 6.04. The molecular weight excluding hydrogens is 312 g/mol. The molecule has 0 aliphatic heterocycles. The number of nitrogens with zero attached hydrogens (tertiary/aromatic N) is 4. The first-order valence-corrected chi connectivity index (χ1v) is 8.64. The third kappa shape index (κ3) is 4.83. The van der Waals surface area contributed by atoms with Crippen LogP contribution in [-0.2, 0) is 26.2 Å². The lowest BCUT2D eigenvalue weighted by Crippen LogP contribution is -2.31. The standard InChI is InChI=1S/C20H26N4O/c1-3-21-12-13-22(17-21)10-4-5-11-23-14-15-24(18-23)16-19-6-8-20(25-2)9-7-19/h4-9,12-15,17-18H,3,10-11,16H2,1-2H3/q+2/b5-4+. The van der Waals surface area contributed by atoms with Gasteiger partial charge in [-0.1, -0.05) is 12.1 Å². The van der Waals surface area contributed by atoms with Crippen LogP contribution in [0.2, 0.25) is 0 Å². The Morgan fingerprint density at radius 3 is 2.40 bits per heavy atom. The number of benzene rings is 1. The van der Waals surface area contributed by atoms with Gasteiger partial charge in [-0.2, -0.15) is 0 Å². The largest absolute Gasteiger partial charge is 0.497 e. The predicted octanol–water partition coefficient (Wildman–Crippen LogP) is 2.20. The number of ether oxygens (including phenoxy) is 1. The highest BCUT2D eigenvalue weighted by molar-refractivity contribution is 5.26. The highest BCUT2D eigenvalue weighted by atomic mass is 16.5. The molecular formula is C20H26N4O+2. The molecule has 0 saturated heterocycles. The van der Waals surface area contributed by atoms with E-state index >= 15 is 0 Å². The maximum atomic E-state index is 5.20. The summed E-state index contributed by atoms with van der Waals surface area (Å²) in [5.74, 6) is 0.892. The molecule has 0 aliphatic carbocycles. The van der Waals surface area contributed by atoms with Crippen molar-refractivity contribution in [2.75, 3.05) is 7.11 Å².